The van der Waals surface area contributed by atoms with Crippen molar-refractivity contribution >= 4 is 32.9 Å². The Bertz CT molecular complexity index is 585. The molecule has 0 aliphatic heterocycles. The number of unbranched alkanes of at least 4 members (excludes halogenated alkanes) is 1. The number of halogens is 2. The highest BCUT2D eigenvalue weighted by Gasteiger charge is 2.11. The van der Waals surface area contributed by atoms with E-state index in [1.807, 2.05) is 4.57 Å². The van der Waals surface area contributed by atoms with Crippen LogP contribution in [0.3, 0.4) is 0 Å². The summed E-state index contributed by atoms with van der Waals surface area (Å²) in [6.45, 7) is 4.35. The van der Waals surface area contributed by atoms with Crippen LogP contribution in [0.1, 0.15) is 26.2 Å². The molecule has 0 amide bonds. The molecule has 0 spiro atoms. The Hall–Kier alpha value is -1.14. The minimum Gasteiger partial charge on any atom is -0.381 e. The number of anilines is 1. The van der Waals surface area contributed by atoms with E-state index in [4.69, 9.17) is 10.5 Å². The van der Waals surface area contributed by atoms with Gasteiger partial charge < -0.3 is 15.0 Å². The summed E-state index contributed by atoms with van der Waals surface area (Å²) in [7, 11) is 0. The van der Waals surface area contributed by atoms with Crippen molar-refractivity contribution in [1.29, 1.82) is 0 Å². The van der Waals surface area contributed by atoms with Gasteiger partial charge in [-0.1, -0.05) is 13.3 Å². The molecule has 0 unspecified atom stereocenters. The molecule has 20 heavy (non-hydrogen) atoms. The van der Waals surface area contributed by atoms with Crippen LogP contribution >= 0.6 is 15.9 Å². The largest absolute Gasteiger partial charge is 0.381 e. The van der Waals surface area contributed by atoms with Crippen LogP contribution in [0.2, 0.25) is 0 Å². The van der Waals surface area contributed by atoms with E-state index in [9.17, 15) is 4.39 Å². The number of aromatic nitrogens is 2. The molecular weight excluding hydrogens is 325 g/mol. The average molecular weight is 344 g/mol. The molecule has 4 nitrogen and oxygen atoms in total. The molecule has 0 radical (unpaired) electrons. The zero-order chi connectivity index (χ0) is 14.5. The van der Waals surface area contributed by atoms with Crippen LogP contribution in [0.15, 0.2) is 16.6 Å². The minimum atomic E-state index is -0.329. The number of nitrogens with zero attached hydrogens (tertiary/aromatic N) is 2. The number of ether oxygens (including phenoxy) is 1. The van der Waals surface area contributed by atoms with E-state index in [2.05, 4.69) is 27.8 Å². The Balaban J connectivity index is 2.02. The van der Waals surface area contributed by atoms with Crippen LogP contribution in [0.25, 0.3) is 11.0 Å². The van der Waals surface area contributed by atoms with Gasteiger partial charge in [0.2, 0.25) is 5.95 Å². The topological polar surface area (TPSA) is 53.1 Å². The highest BCUT2D eigenvalue weighted by atomic mass is 79.9. The van der Waals surface area contributed by atoms with Gasteiger partial charge >= 0.3 is 0 Å². The van der Waals surface area contributed by atoms with Gasteiger partial charge in [0.05, 0.1) is 15.5 Å². The molecule has 2 rings (SSSR count). The Labute approximate surface area is 126 Å². The Morgan fingerprint density at radius 1 is 1.35 bits per heavy atom. The van der Waals surface area contributed by atoms with Gasteiger partial charge in [0, 0.05) is 25.8 Å². The number of imidazole rings is 1. The van der Waals surface area contributed by atoms with Crippen LogP contribution in [-0.4, -0.2) is 22.8 Å². The number of fused-ring (bicyclic) bond motifs is 1. The summed E-state index contributed by atoms with van der Waals surface area (Å²) in [5.41, 5.74) is 7.31. The molecular formula is C14H19BrFN3O. The quantitative estimate of drug-likeness (QED) is 0.779. The highest BCUT2D eigenvalue weighted by molar-refractivity contribution is 9.10. The molecule has 6 heteroatoms. The number of nitrogens with two attached hydrogens (primary N) is 1. The van der Waals surface area contributed by atoms with Crippen molar-refractivity contribution in [2.45, 2.75) is 32.7 Å². The molecule has 1 aromatic carbocycles. The molecule has 2 N–H and O–H groups in total. The molecule has 0 aliphatic rings. The number of hydrogen-bond donors (Lipinski definition) is 1. The average Bonchev–Trinajstić information content (AvgIpc) is 2.70. The van der Waals surface area contributed by atoms with Gasteiger partial charge in [-0.25, -0.2) is 9.37 Å². The molecule has 0 fully saturated rings. The van der Waals surface area contributed by atoms with Crippen molar-refractivity contribution in [3.8, 4) is 0 Å². The molecule has 0 saturated carbocycles. The van der Waals surface area contributed by atoms with Crippen molar-refractivity contribution in [3.63, 3.8) is 0 Å². The number of aryl methyl sites for hydroxylation is 1. The van der Waals surface area contributed by atoms with Gasteiger partial charge in [-0.3, -0.25) is 0 Å². The predicted molar refractivity (Wildman–Crippen MR) is 82.1 cm³/mol. The lowest BCUT2D eigenvalue weighted by molar-refractivity contribution is 0.126. The minimum absolute atomic E-state index is 0.329. The van der Waals surface area contributed by atoms with E-state index in [-0.39, 0.29) is 5.82 Å². The number of nitrogen functional groups attached to an aromatic ring is 1. The van der Waals surface area contributed by atoms with Crippen molar-refractivity contribution in [3.05, 3.63) is 22.4 Å². The lowest BCUT2D eigenvalue weighted by atomic mass is 10.3. The van der Waals surface area contributed by atoms with Crippen LogP contribution in [0.4, 0.5) is 10.3 Å². The fraction of sp³-hybridized carbons (Fsp3) is 0.500. The van der Waals surface area contributed by atoms with Crippen LogP contribution < -0.4 is 5.73 Å². The second-order valence-corrected chi connectivity index (χ2v) is 5.55. The summed E-state index contributed by atoms with van der Waals surface area (Å²) in [6, 6.07) is 3.11. The van der Waals surface area contributed by atoms with Gasteiger partial charge in [-0.05, 0) is 34.8 Å². The van der Waals surface area contributed by atoms with Crippen molar-refractivity contribution < 1.29 is 9.13 Å². The molecule has 0 saturated heterocycles. The van der Waals surface area contributed by atoms with Crippen molar-refractivity contribution in [2.24, 2.45) is 0 Å². The lowest BCUT2D eigenvalue weighted by Gasteiger charge is -2.07. The first-order valence-corrected chi connectivity index (χ1v) is 7.61. The lowest BCUT2D eigenvalue weighted by Crippen LogP contribution is -2.06. The Morgan fingerprint density at radius 2 is 2.10 bits per heavy atom. The Morgan fingerprint density at radius 3 is 2.85 bits per heavy atom. The normalized spacial score (nSPS) is 11.3. The number of benzene rings is 1. The molecule has 0 aliphatic carbocycles. The third kappa shape index (κ3) is 3.49. The van der Waals surface area contributed by atoms with Gasteiger partial charge in [-0.15, -0.1) is 0 Å². The fourth-order valence-corrected chi connectivity index (χ4v) is 2.38. The van der Waals surface area contributed by atoms with Crippen LogP contribution in [0.5, 0.6) is 0 Å². The maximum atomic E-state index is 13.5. The molecule has 0 atom stereocenters. The third-order valence-corrected chi connectivity index (χ3v) is 3.74. The maximum Gasteiger partial charge on any atom is 0.201 e. The second kappa shape index (κ2) is 7.04. The summed E-state index contributed by atoms with van der Waals surface area (Å²) in [5, 5.41) is 0. The third-order valence-electron chi connectivity index (χ3n) is 3.13. The Kier molecular flexibility index (Phi) is 5.37. The highest BCUT2D eigenvalue weighted by Crippen LogP contribution is 2.25. The summed E-state index contributed by atoms with van der Waals surface area (Å²) in [5.74, 6) is 0.0797. The molecule has 2 aromatic rings. The van der Waals surface area contributed by atoms with E-state index in [1.165, 1.54) is 6.07 Å². The SMILES string of the molecule is CCCCOCCCn1c(N)nc2cc(F)c(Br)cc21. The first kappa shape index (κ1) is 15.3. The molecule has 1 aromatic heterocycles. The molecule has 1 heterocycles. The van der Waals surface area contributed by atoms with Gasteiger partial charge in [0.25, 0.3) is 0 Å². The maximum absolute atomic E-state index is 13.5. The van der Waals surface area contributed by atoms with Gasteiger partial charge in [0.1, 0.15) is 5.82 Å². The molecule has 110 valence electrons. The second-order valence-electron chi connectivity index (χ2n) is 4.70. The zero-order valence-corrected chi connectivity index (χ0v) is 13.1. The number of rotatable bonds is 7. The van der Waals surface area contributed by atoms with E-state index in [0.717, 1.165) is 31.4 Å². The summed E-state index contributed by atoms with van der Waals surface area (Å²) >= 11 is 3.19. The summed E-state index contributed by atoms with van der Waals surface area (Å²) in [6.07, 6.45) is 3.08. The van der Waals surface area contributed by atoms with Crippen LogP contribution in [-0.2, 0) is 11.3 Å². The summed E-state index contributed by atoms with van der Waals surface area (Å²) < 4.78 is 21.3. The standard InChI is InChI=1S/C14H19BrFN3O/c1-2-3-6-20-7-4-5-19-13-8-10(15)11(16)9-12(13)18-14(19)17/h8-9H,2-7H2,1H3,(H2,17,18). The van der Waals surface area contributed by atoms with Crippen molar-refractivity contribution in [1.82, 2.24) is 9.55 Å². The summed E-state index contributed by atoms with van der Waals surface area (Å²) in [4.78, 5) is 4.18. The van der Waals surface area contributed by atoms with E-state index >= 15 is 0 Å². The van der Waals surface area contributed by atoms with E-state index < -0.39 is 0 Å². The zero-order valence-electron chi connectivity index (χ0n) is 11.5. The van der Waals surface area contributed by atoms with Gasteiger partial charge in [0.15, 0.2) is 0 Å². The smallest absolute Gasteiger partial charge is 0.201 e. The number of hydrogen-bond acceptors (Lipinski definition) is 3. The molecule has 0 bridgehead atoms. The first-order chi connectivity index (χ1) is 9.63. The van der Waals surface area contributed by atoms with Crippen molar-refractivity contribution in [2.75, 3.05) is 18.9 Å². The van der Waals surface area contributed by atoms with E-state index in [0.29, 0.717) is 29.1 Å². The van der Waals surface area contributed by atoms with Gasteiger partial charge in [-0.2, -0.15) is 0 Å². The first-order valence-electron chi connectivity index (χ1n) is 6.82. The fourth-order valence-electron chi connectivity index (χ4n) is 2.05. The van der Waals surface area contributed by atoms with Crippen LogP contribution in [0, 0.1) is 5.82 Å². The van der Waals surface area contributed by atoms with E-state index in [1.54, 1.807) is 6.07 Å². The predicted octanol–water partition coefficient (Wildman–Crippen LogP) is 3.73. The monoisotopic (exact) mass is 343 g/mol.